The number of rotatable bonds is 4. The number of hydrogen-bond donors (Lipinski definition) is 1. The Morgan fingerprint density at radius 2 is 1.94 bits per heavy atom. The van der Waals surface area contributed by atoms with E-state index in [1.165, 1.54) is 0 Å². The van der Waals surface area contributed by atoms with Gasteiger partial charge < -0.3 is 5.73 Å². The molecular weight excluding hydrogens is 210 g/mol. The highest BCUT2D eigenvalue weighted by Gasteiger charge is 2.11. The Balaban J connectivity index is 2.35. The lowest BCUT2D eigenvalue weighted by Gasteiger charge is -2.11. The number of benzene rings is 1. The fourth-order valence-electron chi connectivity index (χ4n) is 1.79. The van der Waals surface area contributed by atoms with E-state index in [9.17, 15) is 0 Å². The first-order chi connectivity index (χ1) is 8.35. The van der Waals surface area contributed by atoms with Gasteiger partial charge in [-0.05, 0) is 12.5 Å². The van der Waals surface area contributed by atoms with Crippen molar-refractivity contribution in [2.45, 2.75) is 19.3 Å². The van der Waals surface area contributed by atoms with Crippen molar-refractivity contribution in [3.8, 4) is 11.3 Å². The second-order valence-electron chi connectivity index (χ2n) is 4.01. The molecule has 0 aliphatic heterocycles. The molecule has 2 rings (SSSR count). The van der Waals surface area contributed by atoms with Crippen molar-refractivity contribution in [2.75, 3.05) is 6.54 Å². The van der Waals surface area contributed by atoms with Crippen LogP contribution in [0.5, 0.6) is 0 Å². The van der Waals surface area contributed by atoms with Gasteiger partial charge in [-0.3, -0.25) is 0 Å². The van der Waals surface area contributed by atoms with Crippen LogP contribution >= 0.6 is 0 Å². The fraction of sp³-hybridized carbons (Fsp3) is 0.286. The molecule has 1 heterocycles. The average molecular weight is 227 g/mol. The molecule has 17 heavy (non-hydrogen) atoms. The van der Waals surface area contributed by atoms with Crippen molar-refractivity contribution in [1.29, 1.82) is 0 Å². The number of hydrogen-bond acceptors (Lipinski definition) is 3. The van der Waals surface area contributed by atoms with Crippen LogP contribution in [0.2, 0.25) is 0 Å². The summed E-state index contributed by atoms with van der Waals surface area (Å²) in [5.41, 5.74) is 7.80. The summed E-state index contributed by atoms with van der Waals surface area (Å²) in [6, 6.07) is 12.1. The third-order valence-electron chi connectivity index (χ3n) is 2.89. The third-order valence-corrected chi connectivity index (χ3v) is 2.89. The Labute approximate surface area is 102 Å². The Morgan fingerprint density at radius 1 is 1.18 bits per heavy atom. The van der Waals surface area contributed by atoms with E-state index in [1.54, 1.807) is 0 Å². The van der Waals surface area contributed by atoms with Crippen LogP contribution in [0.15, 0.2) is 42.6 Å². The van der Waals surface area contributed by atoms with E-state index in [4.69, 9.17) is 5.73 Å². The van der Waals surface area contributed by atoms with E-state index in [0.717, 1.165) is 23.5 Å². The van der Waals surface area contributed by atoms with Crippen LogP contribution in [0.1, 0.15) is 25.1 Å². The molecule has 0 saturated carbocycles. The lowest BCUT2D eigenvalue weighted by Crippen LogP contribution is -2.14. The van der Waals surface area contributed by atoms with Crippen molar-refractivity contribution in [3.63, 3.8) is 0 Å². The molecule has 1 unspecified atom stereocenters. The minimum Gasteiger partial charge on any atom is -0.330 e. The van der Waals surface area contributed by atoms with Crippen LogP contribution in [0.4, 0.5) is 0 Å². The Kier molecular flexibility index (Phi) is 3.83. The number of nitrogens with two attached hydrogens (primary N) is 1. The van der Waals surface area contributed by atoms with E-state index >= 15 is 0 Å². The molecule has 0 fully saturated rings. The van der Waals surface area contributed by atoms with Gasteiger partial charge in [0.1, 0.15) is 5.82 Å². The zero-order chi connectivity index (χ0) is 12.1. The largest absolute Gasteiger partial charge is 0.330 e. The summed E-state index contributed by atoms with van der Waals surface area (Å²) in [5, 5.41) is 0. The molecule has 3 heteroatoms. The van der Waals surface area contributed by atoms with E-state index < -0.39 is 0 Å². The van der Waals surface area contributed by atoms with Gasteiger partial charge >= 0.3 is 0 Å². The molecule has 2 aromatic rings. The van der Waals surface area contributed by atoms with Gasteiger partial charge in [-0.25, -0.2) is 9.97 Å². The minimum absolute atomic E-state index is 0.249. The molecule has 88 valence electrons. The van der Waals surface area contributed by atoms with Crippen molar-refractivity contribution in [1.82, 2.24) is 9.97 Å². The van der Waals surface area contributed by atoms with Gasteiger partial charge in [0.25, 0.3) is 0 Å². The lowest BCUT2D eigenvalue weighted by molar-refractivity contribution is 0.631. The van der Waals surface area contributed by atoms with E-state index in [2.05, 4.69) is 29.0 Å². The summed E-state index contributed by atoms with van der Waals surface area (Å²) in [7, 11) is 0. The van der Waals surface area contributed by atoms with Gasteiger partial charge in [0, 0.05) is 24.2 Å². The smallest absolute Gasteiger partial charge is 0.133 e. The van der Waals surface area contributed by atoms with Crippen molar-refractivity contribution in [3.05, 3.63) is 48.4 Å². The Morgan fingerprint density at radius 3 is 2.59 bits per heavy atom. The quantitative estimate of drug-likeness (QED) is 0.873. The van der Waals surface area contributed by atoms with E-state index in [0.29, 0.717) is 6.54 Å². The van der Waals surface area contributed by atoms with Crippen molar-refractivity contribution >= 4 is 0 Å². The van der Waals surface area contributed by atoms with E-state index in [1.807, 2.05) is 30.5 Å². The topological polar surface area (TPSA) is 51.8 Å². The van der Waals surface area contributed by atoms with Crippen molar-refractivity contribution in [2.24, 2.45) is 5.73 Å². The van der Waals surface area contributed by atoms with Crippen LogP contribution in [-0.2, 0) is 0 Å². The molecule has 2 N–H and O–H groups in total. The molecule has 0 radical (unpaired) electrons. The third kappa shape index (κ3) is 2.68. The number of nitrogens with zero attached hydrogens (tertiary/aromatic N) is 2. The molecule has 1 aromatic carbocycles. The lowest BCUT2D eigenvalue weighted by atomic mass is 10.1. The first-order valence-electron chi connectivity index (χ1n) is 5.93. The maximum atomic E-state index is 5.72. The minimum atomic E-state index is 0.249. The summed E-state index contributed by atoms with van der Waals surface area (Å²) >= 11 is 0. The van der Waals surface area contributed by atoms with Crippen LogP contribution in [0, 0.1) is 0 Å². The summed E-state index contributed by atoms with van der Waals surface area (Å²) in [6.45, 7) is 2.70. The maximum absolute atomic E-state index is 5.72. The van der Waals surface area contributed by atoms with Gasteiger partial charge in [0.2, 0.25) is 0 Å². The summed E-state index contributed by atoms with van der Waals surface area (Å²) in [6.07, 6.45) is 2.78. The zero-order valence-corrected chi connectivity index (χ0v) is 10.0. The standard InChI is InChI=1S/C14H17N3/c1-2-11(10-15)14-16-9-8-13(17-14)12-6-4-3-5-7-12/h3-9,11H,2,10,15H2,1H3. The predicted molar refractivity (Wildman–Crippen MR) is 69.6 cm³/mol. The Bertz CT molecular complexity index is 464. The highest BCUT2D eigenvalue weighted by atomic mass is 14.9. The molecule has 0 aliphatic rings. The molecule has 0 bridgehead atoms. The average Bonchev–Trinajstić information content (AvgIpc) is 2.42. The van der Waals surface area contributed by atoms with Gasteiger partial charge in [-0.2, -0.15) is 0 Å². The maximum Gasteiger partial charge on any atom is 0.133 e. The zero-order valence-electron chi connectivity index (χ0n) is 10.0. The molecule has 0 spiro atoms. The second kappa shape index (κ2) is 5.55. The molecule has 1 aromatic heterocycles. The fourth-order valence-corrected chi connectivity index (χ4v) is 1.79. The molecular formula is C14H17N3. The number of aromatic nitrogens is 2. The summed E-state index contributed by atoms with van der Waals surface area (Å²) < 4.78 is 0. The van der Waals surface area contributed by atoms with Gasteiger partial charge in [-0.15, -0.1) is 0 Å². The monoisotopic (exact) mass is 227 g/mol. The summed E-state index contributed by atoms with van der Waals surface area (Å²) in [5.74, 6) is 1.09. The molecule has 0 aliphatic carbocycles. The first kappa shape index (κ1) is 11.7. The highest BCUT2D eigenvalue weighted by Crippen LogP contribution is 2.19. The molecule has 0 saturated heterocycles. The molecule has 0 amide bonds. The molecule has 3 nitrogen and oxygen atoms in total. The van der Waals surface area contributed by atoms with Gasteiger partial charge in [-0.1, -0.05) is 37.3 Å². The highest BCUT2D eigenvalue weighted by molar-refractivity contribution is 5.58. The normalized spacial score (nSPS) is 12.4. The van der Waals surface area contributed by atoms with Crippen LogP contribution in [-0.4, -0.2) is 16.5 Å². The second-order valence-corrected chi connectivity index (χ2v) is 4.01. The molecule has 1 atom stereocenters. The van der Waals surface area contributed by atoms with Crippen molar-refractivity contribution < 1.29 is 0 Å². The van der Waals surface area contributed by atoms with Crippen LogP contribution < -0.4 is 5.73 Å². The Hall–Kier alpha value is -1.74. The van der Waals surface area contributed by atoms with Gasteiger partial charge in [0.05, 0.1) is 5.69 Å². The van der Waals surface area contributed by atoms with E-state index in [-0.39, 0.29) is 5.92 Å². The predicted octanol–water partition coefficient (Wildman–Crippen LogP) is 2.60. The van der Waals surface area contributed by atoms with Gasteiger partial charge in [0.15, 0.2) is 0 Å². The van der Waals surface area contributed by atoms with Crippen LogP contribution in [0.3, 0.4) is 0 Å². The summed E-state index contributed by atoms with van der Waals surface area (Å²) in [4.78, 5) is 8.91. The SMILES string of the molecule is CCC(CN)c1nccc(-c2ccccc2)n1. The van der Waals surface area contributed by atoms with Crippen LogP contribution in [0.25, 0.3) is 11.3 Å². The first-order valence-corrected chi connectivity index (χ1v) is 5.93.